The fourth-order valence-corrected chi connectivity index (χ4v) is 5.01. The van der Waals surface area contributed by atoms with Gasteiger partial charge in [-0.2, -0.15) is 0 Å². The quantitative estimate of drug-likeness (QED) is 0.314. The average molecular weight is 373 g/mol. The van der Waals surface area contributed by atoms with Crippen molar-refractivity contribution in [2.45, 2.75) is 32.1 Å². The number of hydrogen-bond donors (Lipinski definition) is 1. The normalized spacial score (nSPS) is 14.2. The Morgan fingerprint density at radius 1 is 1.16 bits per heavy atom. The topological polar surface area (TPSA) is 80.9 Å². The van der Waals surface area contributed by atoms with Crippen molar-refractivity contribution in [3.63, 3.8) is 0 Å². The van der Waals surface area contributed by atoms with Crippen LogP contribution in [0, 0.1) is 14.9 Å². The van der Waals surface area contributed by atoms with Gasteiger partial charge in [-0.15, -0.1) is 11.3 Å². The molecule has 0 bridgehead atoms. The summed E-state index contributed by atoms with van der Waals surface area (Å²) in [6.45, 7) is 0. The third-order valence-corrected chi connectivity index (χ3v) is 6.07. The summed E-state index contributed by atoms with van der Waals surface area (Å²) >= 11 is 7.01. The zero-order chi connectivity index (χ0) is 17.6. The molecular formula is C17H15N3O3S2. The summed E-state index contributed by atoms with van der Waals surface area (Å²) in [5.41, 5.74) is 1.51. The molecule has 0 unspecified atom stereocenters. The van der Waals surface area contributed by atoms with Gasteiger partial charge in [0.05, 0.1) is 16.0 Å². The number of nitrogens with one attached hydrogen (secondary N) is 1. The molecule has 0 saturated carbocycles. The Kier molecular flexibility index (Phi) is 4.01. The van der Waals surface area contributed by atoms with E-state index in [4.69, 9.17) is 12.2 Å². The number of aryl methyl sites for hydroxylation is 2. The Morgan fingerprint density at radius 2 is 1.88 bits per heavy atom. The van der Waals surface area contributed by atoms with E-state index in [9.17, 15) is 14.9 Å². The first kappa shape index (κ1) is 16.2. The zero-order valence-electron chi connectivity index (χ0n) is 13.3. The Labute approximate surface area is 151 Å². The number of nitro groups is 1. The predicted octanol–water partition coefficient (Wildman–Crippen LogP) is 4.29. The van der Waals surface area contributed by atoms with Gasteiger partial charge in [-0.3, -0.25) is 19.5 Å². The van der Waals surface area contributed by atoms with Gasteiger partial charge >= 0.3 is 0 Å². The lowest BCUT2D eigenvalue weighted by molar-refractivity contribution is -0.384. The number of nitrogens with zero attached hydrogens (tertiary/aromatic N) is 2. The van der Waals surface area contributed by atoms with Crippen LogP contribution in [0.5, 0.6) is 0 Å². The second-order valence-electron chi connectivity index (χ2n) is 6.11. The third-order valence-electron chi connectivity index (χ3n) is 4.58. The molecule has 0 saturated heterocycles. The predicted molar refractivity (Wildman–Crippen MR) is 101 cm³/mol. The van der Waals surface area contributed by atoms with E-state index < -0.39 is 4.92 Å². The van der Waals surface area contributed by atoms with Crippen LogP contribution in [0.4, 0.5) is 5.69 Å². The van der Waals surface area contributed by atoms with Crippen LogP contribution in [-0.2, 0) is 12.8 Å². The fourth-order valence-electron chi connectivity index (χ4n) is 3.37. The molecule has 2 heterocycles. The number of non-ortho nitro benzene ring substituents is 1. The molecule has 2 aromatic heterocycles. The lowest BCUT2D eigenvalue weighted by atomic mass is 10.1. The largest absolute Gasteiger partial charge is 0.323 e. The first-order valence-electron chi connectivity index (χ1n) is 8.10. The molecule has 0 spiro atoms. The maximum Gasteiger partial charge on any atom is 0.269 e. The number of thiophene rings is 1. The molecule has 6 nitrogen and oxygen atoms in total. The van der Waals surface area contributed by atoms with Crippen LogP contribution < -0.4 is 5.56 Å². The Hall–Kier alpha value is -2.32. The summed E-state index contributed by atoms with van der Waals surface area (Å²) in [6.07, 6.45) is 5.34. The number of fused-ring (bicyclic) bond motifs is 3. The van der Waals surface area contributed by atoms with Gasteiger partial charge in [0.2, 0.25) is 0 Å². The first-order valence-corrected chi connectivity index (χ1v) is 9.33. The molecule has 8 heteroatoms. The van der Waals surface area contributed by atoms with Gasteiger partial charge in [-0.05, 0) is 55.6 Å². The fraction of sp³-hybridized carbons (Fsp3) is 0.294. The van der Waals surface area contributed by atoms with Gasteiger partial charge in [0, 0.05) is 17.0 Å². The van der Waals surface area contributed by atoms with Crippen LogP contribution in [0.15, 0.2) is 29.1 Å². The van der Waals surface area contributed by atoms with E-state index in [1.165, 1.54) is 28.0 Å². The number of rotatable bonds is 2. The number of nitro benzene ring substituents is 1. The van der Waals surface area contributed by atoms with Crippen molar-refractivity contribution in [1.82, 2.24) is 9.55 Å². The standard InChI is InChI=1S/C17H15N3O3S2/c21-16-14-12-4-2-1-3-5-13(12)25-15(14)18-17(24)19(16)10-6-8-11(9-7-10)20(22)23/h6-9H,1-5H2,(H,18,24). The van der Waals surface area contributed by atoms with E-state index in [0.29, 0.717) is 15.8 Å². The molecule has 4 rings (SSSR count). The van der Waals surface area contributed by atoms with Crippen LogP contribution in [0.2, 0.25) is 0 Å². The smallest absolute Gasteiger partial charge is 0.269 e. The third kappa shape index (κ3) is 2.71. The Morgan fingerprint density at radius 3 is 2.60 bits per heavy atom. The van der Waals surface area contributed by atoms with Gasteiger partial charge in [-0.1, -0.05) is 6.42 Å². The highest BCUT2D eigenvalue weighted by Gasteiger charge is 2.20. The number of aromatic amines is 1. The van der Waals surface area contributed by atoms with Crippen molar-refractivity contribution in [1.29, 1.82) is 0 Å². The molecule has 0 fully saturated rings. The molecule has 128 valence electrons. The van der Waals surface area contributed by atoms with Crippen molar-refractivity contribution < 1.29 is 4.92 Å². The minimum Gasteiger partial charge on any atom is -0.323 e. The molecule has 1 aromatic carbocycles. The molecule has 1 aliphatic rings. The monoisotopic (exact) mass is 373 g/mol. The molecule has 25 heavy (non-hydrogen) atoms. The molecule has 0 atom stereocenters. The van der Waals surface area contributed by atoms with Crippen LogP contribution >= 0.6 is 23.6 Å². The van der Waals surface area contributed by atoms with Gasteiger partial charge in [0.25, 0.3) is 11.2 Å². The molecule has 1 N–H and O–H groups in total. The lowest BCUT2D eigenvalue weighted by Crippen LogP contribution is -2.20. The molecular weight excluding hydrogens is 358 g/mol. The summed E-state index contributed by atoms with van der Waals surface area (Å²) in [4.78, 5) is 28.8. The van der Waals surface area contributed by atoms with E-state index >= 15 is 0 Å². The van der Waals surface area contributed by atoms with E-state index in [2.05, 4.69) is 4.98 Å². The van der Waals surface area contributed by atoms with Gasteiger partial charge in [0.15, 0.2) is 4.77 Å². The van der Waals surface area contributed by atoms with Crippen molar-refractivity contribution in [2.75, 3.05) is 0 Å². The van der Waals surface area contributed by atoms with Crippen LogP contribution in [0.3, 0.4) is 0 Å². The second-order valence-corrected chi connectivity index (χ2v) is 7.60. The molecule has 1 aliphatic carbocycles. The van der Waals surface area contributed by atoms with Crippen molar-refractivity contribution in [3.8, 4) is 5.69 Å². The summed E-state index contributed by atoms with van der Waals surface area (Å²) in [6, 6.07) is 5.88. The van der Waals surface area contributed by atoms with Gasteiger partial charge in [0.1, 0.15) is 4.83 Å². The summed E-state index contributed by atoms with van der Waals surface area (Å²) in [5.74, 6) is 0. The van der Waals surface area contributed by atoms with Gasteiger partial charge < -0.3 is 4.98 Å². The van der Waals surface area contributed by atoms with Crippen molar-refractivity contribution in [3.05, 3.63) is 59.9 Å². The highest BCUT2D eigenvalue weighted by Crippen LogP contribution is 2.33. The second kappa shape index (κ2) is 6.20. The molecule has 0 radical (unpaired) electrons. The van der Waals surface area contributed by atoms with Crippen LogP contribution in [-0.4, -0.2) is 14.5 Å². The number of H-pyrrole nitrogens is 1. The van der Waals surface area contributed by atoms with Gasteiger partial charge in [-0.25, -0.2) is 0 Å². The first-order chi connectivity index (χ1) is 12.1. The van der Waals surface area contributed by atoms with E-state index in [-0.39, 0.29) is 11.2 Å². The molecule has 0 aliphatic heterocycles. The van der Waals surface area contributed by atoms with Crippen LogP contribution in [0.1, 0.15) is 29.7 Å². The van der Waals surface area contributed by atoms with E-state index in [1.54, 1.807) is 23.5 Å². The highest BCUT2D eigenvalue weighted by molar-refractivity contribution is 7.71. The number of aromatic nitrogens is 2. The maximum absolute atomic E-state index is 13.2. The maximum atomic E-state index is 13.2. The average Bonchev–Trinajstić information content (AvgIpc) is 2.77. The molecule has 0 amide bonds. The SMILES string of the molecule is O=c1c2c3c(sc2[nH]c(=S)n1-c1ccc([N+](=O)[O-])cc1)CCCCC3. The van der Waals surface area contributed by atoms with Crippen molar-refractivity contribution >= 4 is 39.5 Å². The van der Waals surface area contributed by atoms with Crippen molar-refractivity contribution in [2.24, 2.45) is 0 Å². The minimum absolute atomic E-state index is 0.0165. The summed E-state index contributed by atoms with van der Waals surface area (Å²) in [7, 11) is 0. The number of benzene rings is 1. The summed E-state index contributed by atoms with van der Waals surface area (Å²) in [5, 5.41) is 11.5. The number of hydrogen-bond acceptors (Lipinski definition) is 5. The van der Waals surface area contributed by atoms with E-state index in [1.807, 2.05) is 0 Å². The van der Waals surface area contributed by atoms with E-state index in [0.717, 1.165) is 36.1 Å². The van der Waals surface area contributed by atoms with Crippen LogP contribution in [0.25, 0.3) is 15.9 Å². The Balaban J connectivity index is 1.95. The Bertz CT molecular complexity index is 1090. The zero-order valence-corrected chi connectivity index (χ0v) is 14.9. The minimum atomic E-state index is -0.463. The molecule has 3 aromatic rings. The highest BCUT2D eigenvalue weighted by atomic mass is 32.1. The lowest BCUT2D eigenvalue weighted by Gasteiger charge is -2.07. The summed E-state index contributed by atoms with van der Waals surface area (Å²) < 4.78 is 1.74.